The first-order valence-electron chi connectivity index (χ1n) is 7.39. The molecule has 0 saturated heterocycles. The zero-order valence-corrected chi connectivity index (χ0v) is 13.0. The number of hydrogen-bond acceptors (Lipinski definition) is 6. The minimum atomic E-state index is -0.526. The van der Waals surface area contributed by atoms with Crippen molar-refractivity contribution in [3.05, 3.63) is 28.7 Å². The fourth-order valence-corrected chi connectivity index (χ4v) is 2.52. The molecule has 1 aliphatic heterocycles. The molecule has 0 atom stereocenters. The normalized spacial score (nSPS) is 13.5. The molecule has 0 spiro atoms. The molecule has 9 nitrogen and oxygen atoms in total. The van der Waals surface area contributed by atoms with Gasteiger partial charge in [-0.05, 0) is 6.92 Å². The highest BCUT2D eigenvalue weighted by Gasteiger charge is 2.25. The zero-order valence-electron chi connectivity index (χ0n) is 13.0. The molecule has 0 fully saturated rings. The number of rotatable bonds is 4. The van der Waals surface area contributed by atoms with Gasteiger partial charge in [0.15, 0.2) is 5.69 Å². The molecule has 0 bridgehead atoms. The Hall–Kier alpha value is -2.68. The lowest BCUT2D eigenvalue weighted by Gasteiger charge is -2.13. The van der Waals surface area contributed by atoms with Crippen LogP contribution in [0.1, 0.15) is 39.0 Å². The number of aryl methyl sites for hydroxylation is 1. The van der Waals surface area contributed by atoms with Crippen LogP contribution in [0.4, 0.5) is 5.82 Å². The van der Waals surface area contributed by atoms with Gasteiger partial charge in [0.05, 0.1) is 12.8 Å². The van der Waals surface area contributed by atoms with E-state index < -0.39 is 5.97 Å². The molecule has 0 unspecified atom stereocenters. The van der Waals surface area contributed by atoms with E-state index >= 15 is 0 Å². The van der Waals surface area contributed by atoms with Crippen molar-refractivity contribution in [3.63, 3.8) is 0 Å². The fraction of sp³-hybridized carbons (Fsp3) is 0.429. The molecule has 2 aromatic rings. The van der Waals surface area contributed by atoms with Crippen LogP contribution in [-0.4, -0.2) is 45.0 Å². The van der Waals surface area contributed by atoms with Crippen LogP contribution >= 0.6 is 0 Å². The van der Waals surface area contributed by atoms with Crippen molar-refractivity contribution in [1.29, 1.82) is 0 Å². The number of amides is 1. The third kappa shape index (κ3) is 2.82. The van der Waals surface area contributed by atoms with Gasteiger partial charge in [-0.15, -0.1) is 0 Å². The highest BCUT2D eigenvalue weighted by atomic mass is 16.5. The van der Waals surface area contributed by atoms with E-state index in [9.17, 15) is 9.59 Å². The van der Waals surface area contributed by atoms with E-state index in [0.29, 0.717) is 12.2 Å². The predicted octanol–water partition coefficient (Wildman–Crippen LogP) is 0.218. The number of nitrogens with zero attached hydrogens (tertiary/aromatic N) is 3. The van der Waals surface area contributed by atoms with Crippen molar-refractivity contribution in [2.24, 2.45) is 7.05 Å². The molecule has 9 heteroatoms. The summed E-state index contributed by atoms with van der Waals surface area (Å²) < 4.78 is 6.39. The van der Waals surface area contributed by atoms with Crippen LogP contribution in [-0.2, 0) is 24.8 Å². The Balaban J connectivity index is 1.85. The summed E-state index contributed by atoms with van der Waals surface area (Å²) in [6.45, 7) is 3.41. The Kier molecular flexibility index (Phi) is 4.11. The standard InChI is InChI=1S/C14H18N6O3/c1-3-23-14(22)9-7-16-20(2)12(9)17-13(21)11-8-6-15-5-4-10(8)18-19-11/h7,15H,3-6H2,1-2H3,(H,17,21)(H,18,19). The van der Waals surface area contributed by atoms with Crippen LogP contribution in [0.5, 0.6) is 0 Å². The second-order valence-electron chi connectivity index (χ2n) is 5.16. The van der Waals surface area contributed by atoms with Gasteiger partial charge >= 0.3 is 5.97 Å². The Labute approximate surface area is 132 Å². The lowest BCUT2D eigenvalue weighted by atomic mass is 10.1. The van der Waals surface area contributed by atoms with Gasteiger partial charge in [-0.1, -0.05) is 0 Å². The van der Waals surface area contributed by atoms with E-state index in [4.69, 9.17) is 4.74 Å². The molecule has 1 amide bonds. The van der Waals surface area contributed by atoms with Crippen LogP contribution in [0.25, 0.3) is 0 Å². The Morgan fingerprint density at radius 1 is 1.48 bits per heavy atom. The number of aromatic amines is 1. The number of carbonyl (C=O) groups is 2. The number of anilines is 1. The molecule has 0 saturated carbocycles. The smallest absolute Gasteiger partial charge is 0.343 e. The predicted molar refractivity (Wildman–Crippen MR) is 81.1 cm³/mol. The monoisotopic (exact) mass is 318 g/mol. The zero-order chi connectivity index (χ0) is 16.4. The van der Waals surface area contributed by atoms with E-state index in [2.05, 4.69) is 25.9 Å². The summed E-state index contributed by atoms with van der Waals surface area (Å²) in [6, 6.07) is 0. The average Bonchev–Trinajstić information content (AvgIpc) is 3.12. The Bertz CT molecular complexity index is 748. The number of esters is 1. The first kappa shape index (κ1) is 15.2. The first-order valence-corrected chi connectivity index (χ1v) is 7.39. The van der Waals surface area contributed by atoms with E-state index in [1.807, 2.05) is 0 Å². The van der Waals surface area contributed by atoms with Crippen LogP contribution < -0.4 is 10.6 Å². The molecule has 3 N–H and O–H groups in total. The Morgan fingerprint density at radius 2 is 2.30 bits per heavy atom. The fourth-order valence-electron chi connectivity index (χ4n) is 2.52. The van der Waals surface area contributed by atoms with Gasteiger partial charge in [0, 0.05) is 37.8 Å². The maximum Gasteiger partial charge on any atom is 0.343 e. The molecule has 3 heterocycles. The van der Waals surface area contributed by atoms with Gasteiger partial charge in [-0.2, -0.15) is 10.2 Å². The van der Waals surface area contributed by atoms with E-state index in [1.54, 1.807) is 14.0 Å². The number of carbonyl (C=O) groups excluding carboxylic acids is 2. The van der Waals surface area contributed by atoms with Crippen molar-refractivity contribution in [2.45, 2.75) is 19.9 Å². The summed E-state index contributed by atoms with van der Waals surface area (Å²) in [4.78, 5) is 24.4. The molecule has 2 aromatic heterocycles. The molecule has 1 aliphatic rings. The number of hydrogen-bond donors (Lipinski definition) is 3. The summed E-state index contributed by atoms with van der Waals surface area (Å²) in [5.74, 6) is -0.629. The Morgan fingerprint density at radius 3 is 3.09 bits per heavy atom. The van der Waals surface area contributed by atoms with Crippen molar-refractivity contribution in [1.82, 2.24) is 25.3 Å². The lowest BCUT2D eigenvalue weighted by molar-refractivity contribution is 0.0527. The van der Waals surface area contributed by atoms with E-state index in [1.165, 1.54) is 10.9 Å². The van der Waals surface area contributed by atoms with E-state index in [0.717, 1.165) is 24.2 Å². The largest absolute Gasteiger partial charge is 0.462 e. The molecule has 3 rings (SSSR count). The number of fused-ring (bicyclic) bond motifs is 1. The summed E-state index contributed by atoms with van der Waals surface area (Å²) in [7, 11) is 1.64. The number of ether oxygens (including phenoxy) is 1. The minimum absolute atomic E-state index is 0.213. The molecule has 0 aliphatic carbocycles. The third-order valence-electron chi connectivity index (χ3n) is 3.69. The van der Waals surface area contributed by atoms with Gasteiger partial charge in [0.2, 0.25) is 0 Å². The lowest BCUT2D eigenvalue weighted by Crippen LogP contribution is -2.26. The maximum absolute atomic E-state index is 12.5. The van der Waals surface area contributed by atoms with Crippen molar-refractivity contribution < 1.29 is 14.3 Å². The first-order chi connectivity index (χ1) is 11.1. The summed E-state index contributed by atoms with van der Waals surface area (Å²) in [5, 5.41) is 16.9. The van der Waals surface area contributed by atoms with Gasteiger partial charge in [0.1, 0.15) is 11.4 Å². The molecular formula is C14H18N6O3. The topological polar surface area (TPSA) is 114 Å². The summed E-state index contributed by atoms with van der Waals surface area (Å²) >= 11 is 0. The van der Waals surface area contributed by atoms with Crippen LogP contribution in [0.3, 0.4) is 0 Å². The van der Waals surface area contributed by atoms with Gasteiger partial charge < -0.3 is 15.4 Å². The quantitative estimate of drug-likeness (QED) is 0.695. The maximum atomic E-state index is 12.5. The average molecular weight is 318 g/mol. The summed E-state index contributed by atoms with van der Waals surface area (Å²) in [6.07, 6.45) is 2.17. The molecule has 23 heavy (non-hydrogen) atoms. The van der Waals surface area contributed by atoms with Crippen molar-refractivity contribution in [3.8, 4) is 0 Å². The minimum Gasteiger partial charge on any atom is -0.462 e. The molecule has 122 valence electrons. The second kappa shape index (κ2) is 6.21. The van der Waals surface area contributed by atoms with Crippen LogP contribution in [0.15, 0.2) is 6.20 Å². The molecule has 0 aromatic carbocycles. The number of aromatic nitrogens is 4. The SMILES string of the molecule is CCOC(=O)c1cnn(C)c1NC(=O)c1n[nH]c2c1CNCC2. The third-order valence-corrected chi connectivity index (χ3v) is 3.69. The highest BCUT2D eigenvalue weighted by molar-refractivity contribution is 6.07. The second-order valence-corrected chi connectivity index (χ2v) is 5.16. The number of nitrogens with one attached hydrogen (secondary N) is 3. The van der Waals surface area contributed by atoms with E-state index in [-0.39, 0.29) is 23.9 Å². The van der Waals surface area contributed by atoms with Gasteiger partial charge in [-0.3, -0.25) is 14.6 Å². The summed E-state index contributed by atoms with van der Waals surface area (Å²) in [5.41, 5.74) is 2.35. The molecule has 0 radical (unpaired) electrons. The van der Waals surface area contributed by atoms with Gasteiger partial charge in [-0.25, -0.2) is 4.79 Å². The van der Waals surface area contributed by atoms with Gasteiger partial charge in [0.25, 0.3) is 5.91 Å². The van der Waals surface area contributed by atoms with Crippen LogP contribution in [0, 0.1) is 0 Å². The highest BCUT2D eigenvalue weighted by Crippen LogP contribution is 2.19. The van der Waals surface area contributed by atoms with Crippen molar-refractivity contribution >= 4 is 17.7 Å². The van der Waals surface area contributed by atoms with Crippen molar-refractivity contribution in [2.75, 3.05) is 18.5 Å². The van der Waals surface area contributed by atoms with Crippen LogP contribution in [0.2, 0.25) is 0 Å². The number of H-pyrrole nitrogens is 1. The molecular weight excluding hydrogens is 300 g/mol.